The number of benzene rings is 1. The Balaban J connectivity index is 2.45. The van der Waals surface area contributed by atoms with Crippen LogP contribution in [-0.4, -0.2) is 5.91 Å². The van der Waals surface area contributed by atoms with E-state index in [4.69, 9.17) is 5.84 Å². The summed E-state index contributed by atoms with van der Waals surface area (Å²) in [6, 6.07) is 6.34. The topological polar surface area (TPSA) is 55.1 Å². The van der Waals surface area contributed by atoms with E-state index in [0.29, 0.717) is 0 Å². The molecule has 0 aromatic heterocycles. The molecular formula is C15H22N2O. The summed E-state index contributed by atoms with van der Waals surface area (Å²) in [5.41, 5.74) is 5.58. The molecule has 0 unspecified atom stereocenters. The maximum atomic E-state index is 12.2. The maximum absolute atomic E-state index is 12.2. The highest BCUT2D eigenvalue weighted by atomic mass is 16.2. The first-order valence-electron chi connectivity index (χ1n) is 6.69. The van der Waals surface area contributed by atoms with Gasteiger partial charge in [0, 0.05) is 0 Å². The number of hydrogen-bond acceptors (Lipinski definition) is 2. The molecule has 1 aromatic rings. The number of aryl methyl sites for hydroxylation is 2. The van der Waals surface area contributed by atoms with Crippen molar-refractivity contribution in [2.75, 3.05) is 0 Å². The number of carbonyl (C=O) groups is 1. The third kappa shape index (κ3) is 2.15. The molecule has 0 bridgehead atoms. The predicted molar refractivity (Wildman–Crippen MR) is 73.0 cm³/mol. The summed E-state index contributed by atoms with van der Waals surface area (Å²) < 4.78 is 0. The number of hydrazine groups is 1. The zero-order valence-corrected chi connectivity index (χ0v) is 11.3. The second kappa shape index (κ2) is 5.11. The van der Waals surface area contributed by atoms with Gasteiger partial charge in [-0.3, -0.25) is 10.2 Å². The third-order valence-corrected chi connectivity index (χ3v) is 4.33. The van der Waals surface area contributed by atoms with Crippen molar-refractivity contribution in [3.63, 3.8) is 0 Å². The Morgan fingerprint density at radius 2 is 1.83 bits per heavy atom. The molecule has 0 aliphatic heterocycles. The van der Waals surface area contributed by atoms with Crippen molar-refractivity contribution < 1.29 is 4.79 Å². The van der Waals surface area contributed by atoms with Gasteiger partial charge in [-0.15, -0.1) is 0 Å². The summed E-state index contributed by atoms with van der Waals surface area (Å²) in [6.45, 7) is 4.19. The van der Waals surface area contributed by atoms with E-state index in [1.807, 2.05) is 0 Å². The molecule has 1 aliphatic rings. The van der Waals surface area contributed by atoms with Crippen molar-refractivity contribution in [3.05, 3.63) is 34.9 Å². The number of carbonyl (C=O) groups excluding carboxylic acids is 1. The molecule has 0 atom stereocenters. The fourth-order valence-electron chi connectivity index (χ4n) is 2.98. The van der Waals surface area contributed by atoms with Gasteiger partial charge in [-0.05, 0) is 43.4 Å². The summed E-state index contributed by atoms with van der Waals surface area (Å²) in [6.07, 6.45) is 5.21. The molecule has 1 aliphatic carbocycles. The van der Waals surface area contributed by atoms with Gasteiger partial charge in [0.2, 0.25) is 5.91 Å². The Morgan fingerprint density at radius 1 is 1.17 bits per heavy atom. The normalized spacial score (nSPS) is 18.4. The maximum Gasteiger partial charge on any atom is 0.244 e. The molecule has 1 amide bonds. The Kier molecular flexibility index (Phi) is 3.71. The highest BCUT2D eigenvalue weighted by Gasteiger charge is 2.40. The van der Waals surface area contributed by atoms with Crippen LogP contribution in [0.3, 0.4) is 0 Å². The SMILES string of the molecule is Cc1ccc(C2(C(=O)NN)CCCCC2)cc1C. The number of nitrogens with two attached hydrogens (primary N) is 1. The molecule has 3 nitrogen and oxygen atoms in total. The molecule has 1 saturated carbocycles. The molecule has 98 valence electrons. The molecule has 0 heterocycles. The van der Waals surface area contributed by atoms with Gasteiger partial charge in [0.05, 0.1) is 5.41 Å². The lowest BCUT2D eigenvalue weighted by molar-refractivity contribution is -0.128. The Bertz CT molecular complexity index is 448. The van der Waals surface area contributed by atoms with Crippen LogP contribution in [-0.2, 0) is 10.2 Å². The first kappa shape index (κ1) is 13.1. The number of hydrogen-bond donors (Lipinski definition) is 2. The quantitative estimate of drug-likeness (QED) is 0.478. The molecule has 2 rings (SSSR count). The smallest absolute Gasteiger partial charge is 0.244 e. The Labute approximate surface area is 109 Å². The monoisotopic (exact) mass is 246 g/mol. The van der Waals surface area contributed by atoms with Crippen LogP contribution in [0.5, 0.6) is 0 Å². The second-order valence-electron chi connectivity index (χ2n) is 5.42. The molecule has 1 aromatic carbocycles. The second-order valence-corrected chi connectivity index (χ2v) is 5.42. The molecule has 3 heteroatoms. The largest absolute Gasteiger partial charge is 0.293 e. The molecule has 0 saturated heterocycles. The van der Waals surface area contributed by atoms with Crippen LogP contribution in [0, 0.1) is 13.8 Å². The minimum Gasteiger partial charge on any atom is -0.293 e. The summed E-state index contributed by atoms with van der Waals surface area (Å²) in [5.74, 6) is 5.36. The average molecular weight is 246 g/mol. The first-order valence-corrected chi connectivity index (χ1v) is 6.69. The lowest BCUT2D eigenvalue weighted by atomic mass is 9.68. The van der Waals surface area contributed by atoms with E-state index < -0.39 is 5.41 Å². The zero-order chi connectivity index (χ0) is 13.2. The number of nitrogens with one attached hydrogen (secondary N) is 1. The van der Waals surface area contributed by atoms with Crippen molar-refractivity contribution in [3.8, 4) is 0 Å². The van der Waals surface area contributed by atoms with Gasteiger partial charge in [-0.25, -0.2) is 5.84 Å². The van der Waals surface area contributed by atoms with Crippen molar-refractivity contribution in [1.29, 1.82) is 0 Å². The Hall–Kier alpha value is -1.35. The van der Waals surface area contributed by atoms with Gasteiger partial charge >= 0.3 is 0 Å². The fraction of sp³-hybridized carbons (Fsp3) is 0.533. The lowest BCUT2D eigenvalue weighted by Crippen LogP contribution is -2.48. The van der Waals surface area contributed by atoms with Crippen LogP contribution in [0.1, 0.15) is 48.8 Å². The van der Waals surface area contributed by atoms with E-state index in [0.717, 1.165) is 31.2 Å². The van der Waals surface area contributed by atoms with E-state index in [9.17, 15) is 4.79 Å². The van der Waals surface area contributed by atoms with Gasteiger partial charge in [0.1, 0.15) is 0 Å². The van der Waals surface area contributed by atoms with Gasteiger partial charge in [-0.2, -0.15) is 0 Å². The van der Waals surface area contributed by atoms with Gasteiger partial charge in [-0.1, -0.05) is 37.5 Å². The van der Waals surface area contributed by atoms with Crippen LogP contribution in [0.15, 0.2) is 18.2 Å². The predicted octanol–water partition coefficient (Wildman–Crippen LogP) is 2.50. The van der Waals surface area contributed by atoms with Crippen LogP contribution in [0.2, 0.25) is 0 Å². The van der Waals surface area contributed by atoms with Crippen LogP contribution in [0.25, 0.3) is 0 Å². The van der Waals surface area contributed by atoms with E-state index in [2.05, 4.69) is 37.5 Å². The minimum atomic E-state index is -0.411. The molecular weight excluding hydrogens is 224 g/mol. The van der Waals surface area contributed by atoms with E-state index in [1.54, 1.807) is 0 Å². The van der Waals surface area contributed by atoms with Gasteiger partial charge in [0.15, 0.2) is 0 Å². The summed E-state index contributed by atoms with van der Waals surface area (Å²) in [5, 5.41) is 0. The van der Waals surface area contributed by atoms with E-state index in [-0.39, 0.29) is 5.91 Å². The molecule has 3 N–H and O–H groups in total. The molecule has 18 heavy (non-hydrogen) atoms. The number of rotatable bonds is 2. The number of amides is 1. The summed E-state index contributed by atoms with van der Waals surface area (Å²) >= 11 is 0. The van der Waals surface area contributed by atoms with Gasteiger partial charge in [0.25, 0.3) is 0 Å². The van der Waals surface area contributed by atoms with E-state index >= 15 is 0 Å². The van der Waals surface area contributed by atoms with Crippen molar-refractivity contribution in [2.45, 2.75) is 51.4 Å². The minimum absolute atomic E-state index is 0.0366. The fourth-order valence-corrected chi connectivity index (χ4v) is 2.98. The van der Waals surface area contributed by atoms with Crippen LogP contribution < -0.4 is 11.3 Å². The highest BCUT2D eigenvalue weighted by molar-refractivity contribution is 5.88. The standard InChI is InChI=1S/C15H22N2O/c1-11-6-7-13(10-12(11)2)15(14(18)17-16)8-4-3-5-9-15/h6-7,10H,3-5,8-9,16H2,1-2H3,(H,17,18). The van der Waals surface area contributed by atoms with Gasteiger partial charge < -0.3 is 0 Å². The van der Waals surface area contributed by atoms with Crippen LogP contribution in [0.4, 0.5) is 0 Å². The molecule has 0 radical (unpaired) electrons. The zero-order valence-electron chi connectivity index (χ0n) is 11.3. The van der Waals surface area contributed by atoms with E-state index in [1.165, 1.54) is 17.5 Å². The van der Waals surface area contributed by atoms with Crippen molar-refractivity contribution >= 4 is 5.91 Å². The molecule has 0 spiro atoms. The third-order valence-electron chi connectivity index (χ3n) is 4.33. The first-order chi connectivity index (χ1) is 8.60. The highest BCUT2D eigenvalue weighted by Crippen LogP contribution is 2.40. The average Bonchev–Trinajstić information content (AvgIpc) is 2.41. The van der Waals surface area contributed by atoms with Crippen LogP contribution >= 0.6 is 0 Å². The Morgan fingerprint density at radius 3 is 2.39 bits per heavy atom. The summed E-state index contributed by atoms with van der Waals surface area (Å²) in [7, 11) is 0. The van der Waals surface area contributed by atoms with Crippen molar-refractivity contribution in [1.82, 2.24) is 5.43 Å². The summed E-state index contributed by atoms with van der Waals surface area (Å²) in [4.78, 5) is 12.2. The van der Waals surface area contributed by atoms with Crippen molar-refractivity contribution in [2.24, 2.45) is 5.84 Å². The molecule has 1 fully saturated rings. The lowest BCUT2D eigenvalue weighted by Gasteiger charge is -2.36.